The van der Waals surface area contributed by atoms with Crippen LogP contribution in [0.3, 0.4) is 0 Å². The van der Waals surface area contributed by atoms with E-state index in [-0.39, 0.29) is 18.4 Å². The smallest absolute Gasteiger partial charge is 0.251 e. The zero-order chi connectivity index (χ0) is 17.5. The van der Waals surface area contributed by atoms with Gasteiger partial charge in [-0.3, -0.25) is 14.5 Å². The summed E-state index contributed by atoms with van der Waals surface area (Å²) in [5, 5.41) is 2.70. The van der Waals surface area contributed by atoms with Crippen molar-refractivity contribution in [1.82, 2.24) is 15.1 Å². The van der Waals surface area contributed by atoms with E-state index in [1.165, 1.54) is 5.56 Å². The molecule has 0 atom stereocenters. The Morgan fingerprint density at radius 2 is 1.44 bits per heavy atom. The molecule has 1 N–H and O–H groups in total. The van der Waals surface area contributed by atoms with Crippen molar-refractivity contribution in [3.05, 3.63) is 71.8 Å². The number of nitrogens with one attached hydrogen (secondary N) is 1. The third-order valence-corrected chi connectivity index (χ3v) is 4.41. The van der Waals surface area contributed by atoms with Crippen molar-refractivity contribution in [2.45, 2.75) is 6.54 Å². The molecule has 0 spiro atoms. The molecular weight excluding hydrogens is 314 g/mol. The van der Waals surface area contributed by atoms with Crippen LogP contribution in [0.15, 0.2) is 60.7 Å². The number of carbonyl (C=O) groups excluding carboxylic acids is 2. The van der Waals surface area contributed by atoms with Crippen LogP contribution < -0.4 is 5.32 Å². The molecule has 0 aromatic heterocycles. The molecule has 1 aliphatic rings. The highest BCUT2D eigenvalue weighted by molar-refractivity contribution is 5.96. The van der Waals surface area contributed by atoms with Crippen LogP contribution in [0.25, 0.3) is 0 Å². The second-order valence-electron chi connectivity index (χ2n) is 6.19. The average Bonchev–Trinajstić information content (AvgIpc) is 2.68. The average molecular weight is 337 g/mol. The number of benzene rings is 2. The van der Waals surface area contributed by atoms with Gasteiger partial charge in [0.25, 0.3) is 5.91 Å². The Morgan fingerprint density at radius 1 is 0.840 bits per heavy atom. The standard InChI is InChI=1S/C20H23N3O2/c24-19(15-21-20(25)18-9-5-2-6-10-18)23-13-11-22(12-14-23)16-17-7-3-1-4-8-17/h1-10H,11-16H2,(H,21,25). The topological polar surface area (TPSA) is 52.7 Å². The van der Waals surface area contributed by atoms with Crippen LogP contribution in [0.1, 0.15) is 15.9 Å². The largest absolute Gasteiger partial charge is 0.343 e. The molecule has 2 aromatic rings. The summed E-state index contributed by atoms with van der Waals surface area (Å²) in [7, 11) is 0. The number of hydrogen-bond acceptors (Lipinski definition) is 3. The summed E-state index contributed by atoms with van der Waals surface area (Å²) in [6, 6.07) is 19.3. The van der Waals surface area contributed by atoms with Gasteiger partial charge in [0.1, 0.15) is 0 Å². The van der Waals surface area contributed by atoms with Crippen LogP contribution in [-0.4, -0.2) is 54.3 Å². The maximum atomic E-state index is 12.3. The van der Waals surface area contributed by atoms with Crippen molar-refractivity contribution in [3.8, 4) is 0 Å². The van der Waals surface area contributed by atoms with Crippen molar-refractivity contribution in [2.24, 2.45) is 0 Å². The summed E-state index contributed by atoms with van der Waals surface area (Å²) in [6.07, 6.45) is 0. The highest BCUT2D eigenvalue weighted by atomic mass is 16.2. The minimum atomic E-state index is -0.211. The van der Waals surface area contributed by atoms with Crippen molar-refractivity contribution >= 4 is 11.8 Å². The third-order valence-electron chi connectivity index (χ3n) is 4.41. The predicted molar refractivity (Wildman–Crippen MR) is 97.1 cm³/mol. The Hall–Kier alpha value is -2.66. The van der Waals surface area contributed by atoms with Gasteiger partial charge in [0.2, 0.25) is 5.91 Å². The van der Waals surface area contributed by atoms with Gasteiger partial charge in [-0.1, -0.05) is 48.5 Å². The molecule has 2 aromatic carbocycles. The second kappa shape index (κ2) is 8.44. The minimum absolute atomic E-state index is 0.0244. The molecule has 1 aliphatic heterocycles. The van der Waals surface area contributed by atoms with Crippen molar-refractivity contribution in [2.75, 3.05) is 32.7 Å². The van der Waals surface area contributed by atoms with Crippen LogP contribution in [-0.2, 0) is 11.3 Å². The summed E-state index contributed by atoms with van der Waals surface area (Å²) in [5.41, 5.74) is 1.86. The fourth-order valence-corrected chi connectivity index (χ4v) is 2.96. The van der Waals surface area contributed by atoms with Gasteiger partial charge in [-0.15, -0.1) is 0 Å². The molecule has 0 saturated carbocycles. The number of carbonyl (C=O) groups is 2. The Kier molecular flexibility index (Phi) is 5.80. The maximum absolute atomic E-state index is 12.3. The molecule has 0 bridgehead atoms. The monoisotopic (exact) mass is 337 g/mol. The van der Waals surface area contributed by atoms with E-state index in [1.807, 2.05) is 41.3 Å². The van der Waals surface area contributed by atoms with Crippen molar-refractivity contribution < 1.29 is 9.59 Å². The molecule has 1 saturated heterocycles. The van der Waals surface area contributed by atoms with E-state index in [4.69, 9.17) is 0 Å². The lowest BCUT2D eigenvalue weighted by molar-refractivity contribution is -0.131. The van der Waals surface area contributed by atoms with Gasteiger partial charge in [-0.05, 0) is 17.7 Å². The highest BCUT2D eigenvalue weighted by Gasteiger charge is 2.21. The molecule has 0 unspecified atom stereocenters. The van der Waals surface area contributed by atoms with E-state index in [0.717, 1.165) is 19.6 Å². The number of hydrogen-bond donors (Lipinski definition) is 1. The fraction of sp³-hybridized carbons (Fsp3) is 0.300. The first kappa shape index (κ1) is 17.2. The van der Waals surface area contributed by atoms with Gasteiger partial charge in [0, 0.05) is 38.3 Å². The first-order chi connectivity index (χ1) is 12.2. The van der Waals surface area contributed by atoms with Crippen LogP contribution in [0.2, 0.25) is 0 Å². The lowest BCUT2D eigenvalue weighted by Crippen LogP contribution is -2.50. The maximum Gasteiger partial charge on any atom is 0.251 e. The molecule has 5 heteroatoms. The summed E-state index contributed by atoms with van der Waals surface area (Å²) in [6.45, 7) is 4.07. The van der Waals surface area contributed by atoms with Crippen molar-refractivity contribution in [1.29, 1.82) is 0 Å². The number of amides is 2. The van der Waals surface area contributed by atoms with Crippen LogP contribution >= 0.6 is 0 Å². The van der Waals surface area contributed by atoms with Gasteiger partial charge in [0.05, 0.1) is 6.54 Å². The summed E-state index contributed by atoms with van der Waals surface area (Å²) in [5.74, 6) is -0.236. The fourth-order valence-electron chi connectivity index (χ4n) is 2.96. The molecule has 0 radical (unpaired) electrons. The lowest BCUT2D eigenvalue weighted by atomic mass is 10.2. The second-order valence-corrected chi connectivity index (χ2v) is 6.19. The van der Waals surface area contributed by atoms with Gasteiger partial charge in [0.15, 0.2) is 0 Å². The van der Waals surface area contributed by atoms with E-state index < -0.39 is 0 Å². The Balaban J connectivity index is 1.42. The Bertz CT molecular complexity index is 695. The molecular formula is C20H23N3O2. The number of nitrogens with zero attached hydrogens (tertiary/aromatic N) is 2. The number of piperazine rings is 1. The predicted octanol–water partition coefficient (Wildman–Crippen LogP) is 1.76. The molecule has 1 heterocycles. The molecule has 2 amide bonds. The van der Waals surface area contributed by atoms with E-state index in [1.54, 1.807) is 12.1 Å². The minimum Gasteiger partial charge on any atom is -0.343 e. The molecule has 5 nitrogen and oxygen atoms in total. The van der Waals surface area contributed by atoms with E-state index >= 15 is 0 Å². The molecule has 25 heavy (non-hydrogen) atoms. The molecule has 0 aliphatic carbocycles. The van der Waals surface area contributed by atoms with E-state index in [0.29, 0.717) is 18.7 Å². The summed E-state index contributed by atoms with van der Waals surface area (Å²) >= 11 is 0. The lowest BCUT2D eigenvalue weighted by Gasteiger charge is -2.34. The van der Waals surface area contributed by atoms with Crippen LogP contribution in [0.5, 0.6) is 0 Å². The van der Waals surface area contributed by atoms with E-state index in [2.05, 4.69) is 22.3 Å². The Morgan fingerprint density at radius 3 is 2.08 bits per heavy atom. The zero-order valence-corrected chi connectivity index (χ0v) is 14.2. The van der Waals surface area contributed by atoms with Gasteiger partial charge < -0.3 is 10.2 Å². The van der Waals surface area contributed by atoms with Gasteiger partial charge in [-0.2, -0.15) is 0 Å². The molecule has 130 valence electrons. The summed E-state index contributed by atoms with van der Waals surface area (Å²) in [4.78, 5) is 28.5. The van der Waals surface area contributed by atoms with Gasteiger partial charge in [-0.25, -0.2) is 0 Å². The normalized spacial score (nSPS) is 15.0. The third kappa shape index (κ3) is 4.90. The number of rotatable bonds is 5. The SMILES string of the molecule is O=C(NCC(=O)N1CCN(Cc2ccccc2)CC1)c1ccccc1. The zero-order valence-electron chi connectivity index (χ0n) is 14.2. The first-order valence-corrected chi connectivity index (χ1v) is 8.60. The Labute approximate surface area is 148 Å². The van der Waals surface area contributed by atoms with Crippen LogP contribution in [0.4, 0.5) is 0 Å². The first-order valence-electron chi connectivity index (χ1n) is 8.60. The van der Waals surface area contributed by atoms with E-state index in [9.17, 15) is 9.59 Å². The van der Waals surface area contributed by atoms with Crippen LogP contribution in [0, 0.1) is 0 Å². The molecule has 3 rings (SSSR count). The van der Waals surface area contributed by atoms with Gasteiger partial charge >= 0.3 is 0 Å². The highest BCUT2D eigenvalue weighted by Crippen LogP contribution is 2.08. The molecule has 1 fully saturated rings. The summed E-state index contributed by atoms with van der Waals surface area (Å²) < 4.78 is 0. The quantitative estimate of drug-likeness (QED) is 0.905. The van der Waals surface area contributed by atoms with Crippen molar-refractivity contribution in [3.63, 3.8) is 0 Å².